The molecule has 9 rings (SSSR count). The van der Waals surface area contributed by atoms with E-state index in [0.29, 0.717) is 13.1 Å². The van der Waals surface area contributed by atoms with Gasteiger partial charge >= 0.3 is 12.2 Å². The highest BCUT2D eigenvalue weighted by atomic mass is 16.5. The van der Waals surface area contributed by atoms with Gasteiger partial charge in [0.25, 0.3) is 0 Å². The quantitative estimate of drug-likeness (QED) is 0.0948. The van der Waals surface area contributed by atoms with Crippen molar-refractivity contribution < 1.29 is 28.7 Å². The predicted octanol–water partition coefficient (Wildman–Crippen LogP) is 8.00. The van der Waals surface area contributed by atoms with E-state index in [1.807, 2.05) is 43.7 Å². The molecule has 356 valence electrons. The minimum Gasteiger partial charge on any atom is -0.453 e. The van der Waals surface area contributed by atoms with Crippen LogP contribution in [0.3, 0.4) is 0 Å². The molecule has 3 aromatic heterocycles. The number of methoxy groups -OCH3 is 2. The molecule has 0 radical (unpaired) electrons. The van der Waals surface area contributed by atoms with Crippen LogP contribution < -0.4 is 20.4 Å². The zero-order chi connectivity index (χ0) is 46.9. The van der Waals surface area contributed by atoms with Crippen LogP contribution in [0.5, 0.6) is 0 Å². The predicted molar refractivity (Wildman–Crippen MR) is 255 cm³/mol. The molecule has 4 amide bonds. The highest BCUT2D eigenvalue weighted by Crippen LogP contribution is 2.48. The largest absolute Gasteiger partial charge is 0.453 e. The van der Waals surface area contributed by atoms with E-state index in [1.54, 1.807) is 0 Å². The Kier molecular flexibility index (Phi) is 13.3. The van der Waals surface area contributed by atoms with Gasteiger partial charge in [0.1, 0.15) is 29.6 Å². The Morgan fingerprint density at radius 3 is 1.54 bits per heavy atom. The summed E-state index contributed by atoms with van der Waals surface area (Å²) in [6.07, 6.45) is 9.42. The van der Waals surface area contributed by atoms with E-state index in [0.717, 1.165) is 108 Å². The first-order valence-electron chi connectivity index (χ1n) is 24.2. The number of benzene rings is 2. The maximum Gasteiger partial charge on any atom is 0.407 e. The zero-order valence-electron chi connectivity index (χ0n) is 39.6. The van der Waals surface area contributed by atoms with Gasteiger partial charge in [0, 0.05) is 26.2 Å². The number of imidazole rings is 2. The lowest BCUT2D eigenvalue weighted by molar-refractivity contribution is -0.136. The number of hydrogen-bond acceptors (Lipinski definition) is 11. The van der Waals surface area contributed by atoms with Gasteiger partial charge in [-0.05, 0) is 117 Å². The molecule has 0 saturated carbocycles. The Bertz CT molecular complexity index is 2440. The maximum absolute atomic E-state index is 13.9. The number of H-pyrrole nitrogens is 2. The molecule has 1 unspecified atom stereocenters. The molecule has 4 aliphatic rings. The number of carbonyl (C=O) groups excluding carboxylic acids is 4. The van der Waals surface area contributed by atoms with Crippen LogP contribution in [0.25, 0.3) is 22.1 Å². The van der Waals surface area contributed by atoms with Gasteiger partial charge in [-0.25, -0.2) is 24.5 Å². The van der Waals surface area contributed by atoms with Crippen LogP contribution in [-0.2, 0) is 19.1 Å². The van der Waals surface area contributed by atoms with Crippen molar-refractivity contribution in [2.45, 2.75) is 122 Å². The van der Waals surface area contributed by atoms with E-state index in [4.69, 9.17) is 24.4 Å². The van der Waals surface area contributed by atoms with Gasteiger partial charge in [0.2, 0.25) is 11.8 Å². The summed E-state index contributed by atoms with van der Waals surface area (Å²) < 4.78 is 9.68. The number of amides is 4. The number of hydrogen-bond donors (Lipinski definition) is 4. The number of piperidine rings is 1. The Labute approximate surface area is 391 Å². The number of rotatable bonds is 12. The molecule has 4 saturated heterocycles. The summed E-state index contributed by atoms with van der Waals surface area (Å²) in [6, 6.07) is 15.5. The summed E-state index contributed by atoms with van der Waals surface area (Å²) in [7, 11) is 2.61. The fourth-order valence-corrected chi connectivity index (χ4v) is 10.9. The average molecular weight is 916 g/mol. The van der Waals surface area contributed by atoms with Gasteiger partial charge in [-0.1, -0.05) is 39.8 Å². The van der Waals surface area contributed by atoms with Gasteiger partial charge in [0.15, 0.2) is 0 Å². The summed E-state index contributed by atoms with van der Waals surface area (Å²) >= 11 is 0. The molecule has 4 aliphatic heterocycles. The number of ether oxygens (including phenoxy) is 2. The highest BCUT2D eigenvalue weighted by molar-refractivity contribution is 5.87. The first-order chi connectivity index (χ1) is 32.4. The molecule has 17 nitrogen and oxygen atoms in total. The number of nitrogens with zero attached hydrogens (tertiary/aromatic N) is 7. The summed E-state index contributed by atoms with van der Waals surface area (Å²) in [5.41, 5.74) is 6.85. The number of aromatic nitrogens is 5. The first kappa shape index (κ1) is 45.8. The van der Waals surface area contributed by atoms with E-state index in [9.17, 15) is 19.2 Å². The standard InChI is InChI=1S/C50H65N11O6/c1-29(2)43(56-49(64)66-5)47(62)59-24-10-12-40(59)45-52-34-17-14-31(26-36(34)54-45)38-19-20-39(61(38)33-16-21-42(51-28-33)58-22-8-7-9-23-58)32-15-18-35-37(27-32)55-46(53-35)41-13-11-25-60(41)48(63)44(30(3)4)57-50(65)67-6/h14-18,21,26-30,38-41,43-44H,7-13,19-20,22-25H2,1-6H3,(H,52,54)(H,53,55)(H,56,64)(H,57,65)/t38-,39-,40+,41?,43+,44+/m1/s1. The maximum atomic E-state index is 13.9. The number of aromatic amines is 2. The number of anilines is 2. The number of pyridine rings is 1. The number of likely N-dealkylation sites (tertiary alicyclic amines) is 2. The fraction of sp³-hybridized carbons (Fsp3) is 0.540. The van der Waals surface area contributed by atoms with Gasteiger partial charge in [0.05, 0.1) is 72.3 Å². The molecule has 7 heterocycles. The van der Waals surface area contributed by atoms with Crippen molar-refractivity contribution in [2.75, 3.05) is 50.2 Å². The topological polar surface area (TPSA) is 194 Å². The Morgan fingerprint density at radius 1 is 0.612 bits per heavy atom. The molecule has 5 aromatic rings. The van der Waals surface area contributed by atoms with Gasteiger partial charge in [-0.15, -0.1) is 0 Å². The molecule has 2 aromatic carbocycles. The monoisotopic (exact) mass is 916 g/mol. The lowest BCUT2D eigenvalue weighted by Crippen LogP contribution is -2.51. The lowest BCUT2D eigenvalue weighted by atomic mass is 10.0. The molecular formula is C50H65N11O6. The second-order valence-corrected chi connectivity index (χ2v) is 19.3. The van der Waals surface area contributed by atoms with E-state index in [1.165, 1.54) is 33.5 Å². The minimum atomic E-state index is -0.709. The van der Waals surface area contributed by atoms with Crippen LogP contribution in [-0.4, -0.2) is 111 Å². The fourth-order valence-electron chi connectivity index (χ4n) is 10.9. The van der Waals surface area contributed by atoms with Crippen LogP contribution in [0.15, 0.2) is 54.7 Å². The molecule has 0 bridgehead atoms. The SMILES string of the molecule is COC(=O)N[C@H](C(=O)N1CCCC1c1nc2ccc([C@H]3CC[C@H](c4ccc5nc([C@@H]6CCCN6C(=O)[C@@H](NC(=O)OC)C(C)C)[nH]c5c4)N3c3ccc(N4CCCCC4)nc3)cc2[nH]1)C(C)C. The van der Waals surface area contributed by atoms with Crippen LogP contribution >= 0.6 is 0 Å². The number of nitrogens with one attached hydrogen (secondary N) is 4. The molecule has 4 fully saturated rings. The summed E-state index contributed by atoms with van der Waals surface area (Å²) in [6.45, 7) is 10.9. The smallest absolute Gasteiger partial charge is 0.407 e. The second-order valence-electron chi connectivity index (χ2n) is 19.3. The van der Waals surface area contributed by atoms with E-state index < -0.39 is 24.3 Å². The van der Waals surface area contributed by atoms with Crippen molar-refractivity contribution >= 4 is 57.6 Å². The van der Waals surface area contributed by atoms with Gasteiger partial charge in [-0.3, -0.25) is 9.59 Å². The molecule has 17 heteroatoms. The summed E-state index contributed by atoms with van der Waals surface area (Å²) in [5.74, 6) is 1.97. The Hall–Kier alpha value is -6.39. The number of alkyl carbamates (subject to hydrolysis) is 2. The minimum absolute atomic E-state index is 0.0307. The third kappa shape index (κ3) is 9.20. The van der Waals surface area contributed by atoms with Crippen molar-refractivity contribution in [3.8, 4) is 0 Å². The molecule has 6 atom stereocenters. The summed E-state index contributed by atoms with van der Waals surface area (Å²) in [5, 5.41) is 5.49. The van der Waals surface area contributed by atoms with Crippen LogP contribution in [0.2, 0.25) is 0 Å². The second kappa shape index (κ2) is 19.4. The average Bonchev–Trinajstić information content (AvgIpc) is 4.20. The van der Waals surface area contributed by atoms with E-state index >= 15 is 0 Å². The van der Waals surface area contributed by atoms with Crippen molar-refractivity contribution in [1.82, 2.24) is 45.4 Å². The first-order valence-corrected chi connectivity index (χ1v) is 24.2. The van der Waals surface area contributed by atoms with Crippen molar-refractivity contribution in [3.63, 3.8) is 0 Å². The zero-order valence-corrected chi connectivity index (χ0v) is 39.6. The Balaban J connectivity index is 1.01. The van der Waals surface area contributed by atoms with Gasteiger partial charge < -0.3 is 49.7 Å². The molecule has 4 N–H and O–H groups in total. The normalized spacial score (nSPS) is 22.0. The van der Waals surface area contributed by atoms with E-state index in [2.05, 4.69) is 78.9 Å². The third-order valence-electron chi connectivity index (χ3n) is 14.4. The number of carbonyl (C=O) groups is 4. The van der Waals surface area contributed by atoms with Crippen molar-refractivity contribution in [1.29, 1.82) is 0 Å². The molecule has 0 aliphatic carbocycles. The summed E-state index contributed by atoms with van der Waals surface area (Å²) in [4.78, 5) is 83.1. The third-order valence-corrected chi connectivity index (χ3v) is 14.4. The lowest BCUT2D eigenvalue weighted by Gasteiger charge is -2.34. The van der Waals surface area contributed by atoms with Crippen molar-refractivity contribution in [2.24, 2.45) is 11.8 Å². The van der Waals surface area contributed by atoms with E-state index in [-0.39, 0.29) is 47.8 Å². The van der Waals surface area contributed by atoms with Crippen LogP contribution in [0.1, 0.15) is 132 Å². The van der Waals surface area contributed by atoms with Crippen LogP contribution in [0, 0.1) is 11.8 Å². The molecule has 0 spiro atoms. The Morgan fingerprint density at radius 2 is 1.10 bits per heavy atom. The van der Waals surface area contributed by atoms with Crippen molar-refractivity contribution in [3.05, 3.63) is 77.5 Å². The molecule has 67 heavy (non-hydrogen) atoms. The molecular weight excluding hydrogens is 851 g/mol. The number of fused-ring (bicyclic) bond motifs is 2. The highest BCUT2D eigenvalue weighted by Gasteiger charge is 2.41. The van der Waals surface area contributed by atoms with Crippen LogP contribution in [0.4, 0.5) is 21.1 Å². The van der Waals surface area contributed by atoms with Gasteiger partial charge in [-0.2, -0.15) is 0 Å².